The Balaban J connectivity index is 1.62. The van der Waals surface area contributed by atoms with Gasteiger partial charge < -0.3 is 19.7 Å². The van der Waals surface area contributed by atoms with Gasteiger partial charge in [-0.2, -0.15) is 0 Å². The van der Waals surface area contributed by atoms with Gasteiger partial charge in [-0.15, -0.1) is 0 Å². The Kier molecular flexibility index (Phi) is 7.60. The summed E-state index contributed by atoms with van der Waals surface area (Å²) in [6, 6.07) is 10.2. The van der Waals surface area contributed by atoms with Gasteiger partial charge >= 0.3 is 0 Å². The lowest BCUT2D eigenvalue weighted by Crippen LogP contribution is -2.30. The number of carbonyl (C=O) groups is 2. The number of anilines is 1. The van der Waals surface area contributed by atoms with Crippen LogP contribution in [0.15, 0.2) is 41.3 Å². The average Bonchev–Trinajstić information content (AvgIpc) is 3.17. The zero-order chi connectivity index (χ0) is 24.2. The van der Waals surface area contributed by atoms with E-state index in [2.05, 4.69) is 5.32 Å². The fraction of sp³-hybridized carbons (Fsp3) is 0.391. The van der Waals surface area contributed by atoms with Crippen LogP contribution in [0.25, 0.3) is 0 Å². The van der Waals surface area contributed by atoms with Gasteiger partial charge in [-0.1, -0.05) is 19.1 Å². The van der Waals surface area contributed by atoms with Gasteiger partial charge in [0, 0.05) is 25.2 Å². The van der Waals surface area contributed by atoms with Gasteiger partial charge in [-0.05, 0) is 48.2 Å². The van der Waals surface area contributed by atoms with Crippen molar-refractivity contribution in [2.45, 2.75) is 31.1 Å². The highest BCUT2D eigenvalue weighted by atomic mass is 32.2. The third-order valence-electron chi connectivity index (χ3n) is 5.73. The highest BCUT2D eigenvalue weighted by molar-refractivity contribution is 7.89. The third kappa shape index (κ3) is 5.82. The minimum atomic E-state index is -3.91. The van der Waals surface area contributed by atoms with E-state index >= 15 is 0 Å². The number of nitrogens with two attached hydrogens (primary N) is 1. The number of nitrogens with zero attached hydrogens (tertiary/aromatic N) is 1. The van der Waals surface area contributed by atoms with Crippen LogP contribution in [0.5, 0.6) is 11.5 Å². The molecule has 1 fully saturated rings. The normalized spacial score (nSPS) is 16.1. The molecule has 0 spiro atoms. The summed E-state index contributed by atoms with van der Waals surface area (Å²) in [6.45, 7) is 2.59. The molecule has 10 heteroatoms. The maximum absolute atomic E-state index is 12.7. The number of carbonyl (C=O) groups excluding carboxylic acids is 2. The Labute approximate surface area is 193 Å². The van der Waals surface area contributed by atoms with Gasteiger partial charge in [0.15, 0.2) is 11.5 Å². The molecule has 9 nitrogen and oxygen atoms in total. The van der Waals surface area contributed by atoms with Gasteiger partial charge in [0.25, 0.3) is 0 Å². The first-order valence-corrected chi connectivity index (χ1v) is 12.2. The number of ether oxygens (including phenoxy) is 2. The van der Waals surface area contributed by atoms with Crippen LogP contribution in [0.2, 0.25) is 0 Å². The molecule has 1 aliphatic heterocycles. The van der Waals surface area contributed by atoms with Crippen molar-refractivity contribution in [2.24, 2.45) is 11.1 Å². The van der Waals surface area contributed by atoms with Crippen LogP contribution in [0.4, 0.5) is 5.69 Å². The van der Waals surface area contributed by atoms with Crippen molar-refractivity contribution in [1.29, 1.82) is 0 Å². The number of hydrogen-bond donors (Lipinski definition) is 2. The molecule has 1 atom stereocenters. The molecule has 33 heavy (non-hydrogen) atoms. The molecular weight excluding hydrogens is 446 g/mol. The van der Waals surface area contributed by atoms with Gasteiger partial charge in [0.05, 0.1) is 25.0 Å². The average molecular weight is 476 g/mol. The second-order valence-electron chi connectivity index (χ2n) is 7.89. The van der Waals surface area contributed by atoms with E-state index < -0.39 is 15.9 Å². The van der Waals surface area contributed by atoms with E-state index in [9.17, 15) is 18.0 Å². The number of hydrogen-bond acceptors (Lipinski definition) is 6. The first-order valence-electron chi connectivity index (χ1n) is 10.6. The predicted molar refractivity (Wildman–Crippen MR) is 124 cm³/mol. The molecule has 0 radical (unpaired) electrons. The fourth-order valence-electron chi connectivity index (χ4n) is 3.90. The zero-order valence-corrected chi connectivity index (χ0v) is 19.8. The second-order valence-corrected chi connectivity index (χ2v) is 9.42. The highest BCUT2D eigenvalue weighted by Crippen LogP contribution is 2.28. The first-order chi connectivity index (χ1) is 15.7. The summed E-state index contributed by atoms with van der Waals surface area (Å²) in [5, 5.41) is 8.02. The summed E-state index contributed by atoms with van der Waals surface area (Å²) < 4.78 is 34.3. The number of amides is 2. The number of rotatable bonds is 9. The highest BCUT2D eigenvalue weighted by Gasteiger charge is 2.34. The van der Waals surface area contributed by atoms with E-state index in [0.29, 0.717) is 48.7 Å². The quantitative estimate of drug-likeness (QED) is 0.570. The number of benzene rings is 2. The lowest BCUT2D eigenvalue weighted by atomic mass is 10.1. The molecule has 1 saturated heterocycles. The summed E-state index contributed by atoms with van der Waals surface area (Å²) >= 11 is 0. The van der Waals surface area contributed by atoms with Gasteiger partial charge in [0.2, 0.25) is 21.8 Å². The molecule has 0 aromatic heterocycles. The maximum Gasteiger partial charge on any atom is 0.238 e. The minimum Gasteiger partial charge on any atom is -0.493 e. The molecule has 2 aromatic rings. The Hall–Kier alpha value is -3.11. The van der Waals surface area contributed by atoms with E-state index in [1.165, 1.54) is 6.07 Å². The smallest absolute Gasteiger partial charge is 0.238 e. The summed E-state index contributed by atoms with van der Waals surface area (Å²) in [4.78, 5) is 26.9. The third-order valence-corrected chi connectivity index (χ3v) is 6.72. The molecule has 0 aliphatic carbocycles. The standard InChI is InChI=1S/C23H29N3O6S/c1-4-16-6-7-18(13-21(16)33(24,29)30)25-23(28)17-12-22(27)26(14-17)10-9-15-5-8-19(31-2)20(11-15)32-3/h5-8,11,13,17H,4,9-10,12,14H2,1-3H3,(H,25,28)(H2,24,29,30). The Morgan fingerprint density at radius 2 is 1.88 bits per heavy atom. The van der Waals surface area contributed by atoms with Crippen LogP contribution in [0.3, 0.4) is 0 Å². The summed E-state index contributed by atoms with van der Waals surface area (Å²) in [5.41, 5.74) is 1.89. The van der Waals surface area contributed by atoms with Crippen molar-refractivity contribution < 1.29 is 27.5 Å². The SMILES string of the molecule is CCc1ccc(NC(=O)C2CC(=O)N(CCc3ccc(OC)c(OC)c3)C2)cc1S(N)(=O)=O. The molecule has 1 heterocycles. The van der Waals surface area contributed by atoms with Crippen molar-refractivity contribution in [3.8, 4) is 11.5 Å². The molecule has 2 amide bonds. The monoisotopic (exact) mass is 475 g/mol. The van der Waals surface area contributed by atoms with Gasteiger partial charge in [-0.25, -0.2) is 13.6 Å². The van der Waals surface area contributed by atoms with Gasteiger partial charge in [-0.3, -0.25) is 9.59 Å². The first kappa shape index (κ1) is 24.5. The molecule has 0 saturated carbocycles. The van der Waals surface area contributed by atoms with Gasteiger partial charge in [0.1, 0.15) is 0 Å². The molecule has 0 bridgehead atoms. The number of aryl methyl sites for hydroxylation is 1. The molecule has 2 aromatic carbocycles. The molecule has 3 N–H and O–H groups in total. The molecule has 178 valence electrons. The van der Waals surface area contributed by atoms with Crippen LogP contribution in [0.1, 0.15) is 24.5 Å². The van der Waals surface area contributed by atoms with Crippen LogP contribution in [0, 0.1) is 5.92 Å². The number of likely N-dealkylation sites (tertiary alicyclic amines) is 1. The van der Waals surface area contributed by atoms with Crippen LogP contribution in [-0.4, -0.2) is 52.4 Å². The van der Waals surface area contributed by atoms with Crippen LogP contribution in [-0.2, 0) is 32.5 Å². The summed E-state index contributed by atoms with van der Waals surface area (Å²) in [6.07, 6.45) is 1.20. The fourth-order valence-corrected chi connectivity index (χ4v) is 4.77. The predicted octanol–water partition coefficient (Wildman–Crippen LogP) is 1.94. The van der Waals surface area contributed by atoms with Crippen LogP contribution >= 0.6 is 0 Å². The van der Waals surface area contributed by atoms with Crippen molar-refractivity contribution >= 4 is 27.5 Å². The number of sulfonamides is 1. The largest absolute Gasteiger partial charge is 0.493 e. The number of primary sulfonamides is 1. The lowest BCUT2D eigenvalue weighted by molar-refractivity contribution is -0.128. The molecular formula is C23H29N3O6S. The van der Waals surface area contributed by atoms with Crippen molar-refractivity contribution in [3.63, 3.8) is 0 Å². The van der Waals surface area contributed by atoms with Crippen molar-refractivity contribution in [3.05, 3.63) is 47.5 Å². The Morgan fingerprint density at radius 3 is 2.52 bits per heavy atom. The van der Waals surface area contributed by atoms with E-state index in [1.807, 2.05) is 25.1 Å². The molecule has 3 rings (SSSR count). The van der Waals surface area contributed by atoms with E-state index in [0.717, 1.165) is 5.56 Å². The lowest BCUT2D eigenvalue weighted by Gasteiger charge is -2.17. The Morgan fingerprint density at radius 1 is 1.15 bits per heavy atom. The van der Waals surface area contributed by atoms with Crippen molar-refractivity contribution in [2.75, 3.05) is 32.6 Å². The number of methoxy groups -OCH3 is 2. The zero-order valence-electron chi connectivity index (χ0n) is 19.0. The van der Waals surface area contributed by atoms with E-state index in [1.54, 1.807) is 31.3 Å². The topological polar surface area (TPSA) is 128 Å². The minimum absolute atomic E-state index is 0.0122. The Bertz CT molecular complexity index is 1150. The molecule has 1 aliphatic rings. The second kappa shape index (κ2) is 10.2. The molecule has 1 unspecified atom stereocenters. The van der Waals surface area contributed by atoms with Crippen LogP contribution < -0.4 is 19.9 Å². The van der Waals surface area contributed by atoms with Crippen molar-refractivity contribution in [1.82, 2.24) is 4.90 Å². The summed E-state index contributed by atoms with van der Waals surface area (Å²) in [5.74, 6) is 0.302. The summed E-state index contributed by atoms with van der Waals surface area (Å²) in [7, 11) is -0.779. The maximum atomic E-state index is 12.7. The van der Waals surface area contributed by atoms with E-state index in [-0.39, 0.29) is 23.1 Å². The number of nitrogens with one attached hydrogen (secondary N) is 1. The van der Waals surface area contributed by atoms with E-state index in [4.69, 9.17) is 14.6 Å².